The molecule has 0 saturated heterocycles. The summed E-state index contributed by atoms with van der Waals surface area (Å²) in [5, 5.41) is 9.59. The molecule has 0 amide bonds. The Morgan fingerprint density at radius 2 is 2.05 bits per heavy atom. The molecule has 2 heterocycles. The van der Waals surface area contributed by atoms with Crippen LogP contribution in [0.3, 0.4) is 0 Å². The first kappa shape index (κ1) is 14.0. The molecule has 21 heavy (non-hydrogen) atoms. The Hall–Kier alpha value is -1.98. The molecule has 2 aliphatic heterocycles. The van der Waals surface area contributed by atoms with E-state index in [9.17, 15) is 5.11 Å². The molecule has 2 aliphatic rings. The Morgan fingerprint density at radius 1 is 1.24 bits per heavy atom. The number of ether oxygens (including phenoxy) is 4. The second kappa shape index (κ2) is 6.20. The highest BCUT2D eigenvalue weighted by atomic mass is 16.6. The minimum atomic E-state index is -0.927. The summed E-state index contributed by atoms with van der Waals surface area (Å²) in [4.78, 5) is 0. The third-order valence-electron chi connectivity index (χ3n) is 3.38. The minimum absolute atomic E-state index is 0.215. The molecule has 2 unspecified atom stereocenters. The molecule has 1 N–H and O–H groups in total. The van der Waals surface area contributed by atoms with E-state index in [4.69, 9.17) is 18.9 Å². The minimum Gasteiger partial charge on any atom is -0.501 e. The molecule has 1 aromatic carbocycles. The second-order valence-electron chi connectivity index (χ2n) is 4.87. The second-order valence-corrected chi connectivity index (χ2v) is 4.87. The fourth-order valence-corrected chi connectivity index (χ4v) is 2.34. The fourth-order valence-electron chi connectivity index (χ4n) is 2.34. The van der Waals surface area contributed by atoms with Gasteiger partial charge in [0.15, 0.2) is 17.8 Å². The van der Waals surface area contributed by atoms with E-state index < -0.39 is 6.29 Å². The van der Waals surface area contributed by atoms with Crippen molar-refractivity contribution in [1.82, 2.24) is 0 Å². The van der Waals surface area contributed by atoms with Crippen LogP contribution in [0.4, 0.5) is 0 Å². The van der Waals surface area contributed by atoms with Gasteiger partial charge in [-0.05, 0) is 17.7 Å². The van der Waals surface area contributed by atoms with E-state index >= 15 is 0 Å². The van der Waals surface area contributed by atoms with Crippen LogP contribution in [0.2, 0.25) is 0 Å². The first-order valence-electron chi connectivity index (χ1n) is 6.90. The van der Waals surface area contributed by atoms with Gasteiger partial charge in [-0.15, -0.1) is 0 Å². The van der Waals surface area contributed by atoms with E-state index in [0.29, 0.717) is 19.6 Å². The Morgan fingerprint density at radius 3 is 2.86 bits per heavy atom. The smallest absolute Gasteiger partial charge is 0.178 e. The van der Waals surface area contributed by atoms with Gasteiger partial charge in [0.05, 0.1) is 19.0 Å². The van der Waals surface area contributed by atoms with E-state index in [1.165, 1.54) is 0 Å². The van der Waals surface area contributed by atoms with Crippen molar-refractivity contribution in [2.75, 3.05) is 20.3 Å². The van der Waals surface area contributed by atoms with Gasteiger partial charge >= 0.3 is 0 Å². The highest BCUT2D eigenvalue weighted by molar-refractivity contribution is 5.56. The summed E-state index contributed by atoms with van der Waals surface area (Å²) in [6, 6.07) is 5.78. The lowest BCUT2D eigenvalue weighted by molar-refractivity contribution is -0.103. The van der Waals surface area contributed by atoms with Crippen LogP contribution in [0.25, 0.3) is 6.08 Å². The van der Waals surface area contributed by atoms with E-state index in [-0.39, 0.29) is 6.10 Å². The Kier molecular flexibility index (Phi) is 4.13. The molecule has 3 rings (SSSR count). The van der Waals surface area contributed by atoms with Gasteiger partial charge in [0.1, 0.15) is 13.2 Å². The largest absolute Gasteiger partial charge is 0.501 e. The normalized spacial score (nSPS) is 24.8. The molecule has 112 valence electrons. The number of benzene rings is 1. The molecule has 5 heteroatoms. The van der Waals surface area contributed by atoms with Crippen LogP contribution >= 0.6 is 0 Å². The van der Waals surface area contributed by atoms with Crippen LogP contribution in [0, 0.1) is 0 Å². The van der Waals surface area contributed by atoms with Gasteiger partial charge in [0.2, 0.25) is 0 Å². The molecule has 0 bridgehead atoms. The Bertz CT molecular complexity index is 564. The van der Waals surface area contributed by atoms with Crippen molar-refractivity contribution in [2.45, 2.75) is 18.8 Å². The molecule has 2 atom stereocenters. The SMILES string of the molecule is COC1=CC(O)OC(/C=C/c2ccc3c(c2)OCCO3)C1. The Balaban J connectivity index is 1.70. The number of aliphatic hydroxyl groups excluding tert-OH is 1. The molecule has 0 spiro atoms. The molecule has 0 saturated carbocycles. The lowest BCUT2D eigenvalue weighted by Gasteiger charge is -2.23. The number of aliphatic hydroxyl groups is 1. The van der Waals surface area contributed by atoms with Gasteiger partial charge in [-0.2, -0.15) is 0 Å². The van der Waals surface area contributed by atoms with Gasteiger partial charge in [0.25, 0.3) is 0 Å². The summed E-state index contributed by atoms with van der Waals surface area (Å²) in [6.07, 6.45) is 4.87. The summed E-state index contributed by atoms with van der Waals surface area (Å²) in [5.41, 5.74) is 0.992. The topological polar surface area (TPSA) is 57.2 Å². The van der Waals surface area contributed by atoms with Crippen molar-refractivity contribution in [3.05, 3.63) is 41.7 Å². The number of fused-ring (bicyclic) bond motifs is 1. The highest BCUT2D eigenvalue weighted by Crippen LogP contribution is 2.31. The summed E-state index contributed by atoms with van der Waals surface area (Å²) < 4.78 is 21.6. The third kappa shape index (κ3) is 3.37. The highest BCUT2D eigenvalue weighted by Gasteiger charge is 2.20. The van der Waals surface area contributed by atoms with E-state index in [2.05, 4.69) is 0 Å². The molecule has 0 aromatic heterocycles. The van der Waals surface area contributed by atoms with Crippen molar-refractivity contribution < 1.29 is 24.1 Å². The van der Waals surface area contributed by atoms with Crippen molar-refractivity contribution in [3.8, 4) is 11.5 Å². The maximum Gasteiger partial charge on any atom is 0.178 e. The lowest BCUT2D eigenvalue weighted by Crippen LogP contribution is -2.24. The van der Waals surface area contributed by atoms with Crippen molar-refractivity contribution in [2.24, 2.45) is 0 Å². The van der Waals surface area contributed by atoms with Gasteiger partial charge in [-0.25, -0.2) is 0 Å². The van der Waals surface area contributed by atoms with Crippen LogP contribution in [-0.4, -0.2) is 37.8 Å². The summed E-state index contributed by atoms with van der Waals surface area (Å²) in [7, 11) is 1.59. The Labute approximate surface area is 123 Å². The molecular formula is C16H18O5. The standard InChI is InChI=1S/C16H18O5/c1-18-13-9-12(21-16(17)10-13)4-2-11-3-5-14-15(8-11)20-7-6-19-14/h2-5,8,10,12,16-17H,6-7,9H2,1H3/b4-2+. The van der Waals surface area contributed by atoms with E-state index in [0.717, 1.165) is 22.8 Å². The average molecular weight is 290 g/mol. The molecule has 1 aromatic rings. The fraction of sp³-hybridized carbons (Fsp3) is 0.375. The monoisotopic (exact) mass is 290 g/mol. The predicted molar refractivity (Wildman–Crippen MR) is 77.1 cm³/mol. The van der Waals surface area contributed by atoms with Crippen molar-refractivity contribution in [1.29, 1.82) is 0 Å². The number of rotatable bonds is 3. The van der Waals surface area contributed by atoms with Crippen LogP contribution in [0.5, 0.6) is 11.5 Å². The zero-order chi connectivity index (χ0) is 14.7. The maximum atomic E-state index is 9.59. The summed E-state index contributed by atoms with van der Waals surface area (Å²) in [6.45, 7) is 1.15. The summed E-state index contributed by atoms with van der Waals surface area (Å²) >= 11 is 0. The van der Waals surface area contributed by atoms with Crippen LogP contribution in [-0.2, 0) is 9.47 Å². The number of methoxy groups -OCH3 is 1. The van der Waals surface area contributed by atoms with Crippen LogP contribution in [0.1, 0.15) is 12.0 Å². The maximum absolute atomic E-state index is 9.59. The molecular weight excluding hydrogens is 272 g/mol. The first-order chi connectivity index (χ1) is 10.2. The van der Waals surface area contributed by atoms with Crippen molar-refractivity contribution in [3.63, 3.8) is 0 Å². The predicted octanol–water partition coefficient (Wildman–Crippen LogP) is 2.11. The molecule has 0 fully saturated rings. The first-order valence-corrected chi connectivity index (χ1v) is 6.90. The van der Waals surface area contributed by atoms with Gasteiger partial charge in [-0.3, -0.25) is 0 Å². The van der Waals surface area contributed by atoms with Crippen molar-refractivity contribution >= 4 is 6.08 Å². The van der Waals surface area contributed by atoms with Gasteiger partial charge in [0, 0.05) is 12.5 Å². The van der Waals surface area contributed by atoms with E-state index in [1.54, 1.807) is 13.2 Å². The van der Waals surface area contributed by atoms with E-state index in [1.807, 2.05) is 30.4 Å². The van der Waals surface area contributed by atoms with Crippen LogP contribution in [0.15, 0.2) is 36.1 Å². The average Bonchev–Trinajstić information content (AvgIpc) is 2.52. The molecule has 5 nitrogen and oxygen atoms in total. The van der Waals surface area contributed by atoms with Gasteiger partial charge in [-0.1, -0.05) is 18.2 Å². The number of hydrogen-bond acceptors (Lipinski definition) is 5. The van der Waals surface area contributed by atoms with Gasteiger partial charge < -0.3 is 24.1 Å². The molecule has 0 radical (unpaired) electrons. The zero-order valence-electron chi connectivity index (χ0n) is 11.8. The lowest BCUT2D eigenvalue weighted by atomic mass is 10.1. The number of hydrogen-bond donors (Lipinski definition) is 1. The third-order valence-corrected chi connectivity index (χ3v) is 3.38. The summed E-state index contributed by atoms with van der Waals surface area (Å²) in [5.74, 6) is 2.25. The zero-order valence-corrected chi connectivity index (χ0v) is 11.8. The van der Waals surface area contributed by atoms with Crippen LogP contribution < -0.4 is 9.47 Å². The quantitative estimate of drug-likeness (QED) is 0.924. The molecule has 0 aliphatic carbocycles.